The number of fused-ring (bicyclic) bond motifs is 2. The standard InChI is InChI=1S/C22H18N2O2/c25-22(13-16-9-10-18-5-1-2-6-19(18)11-16)24-23-14-17-12-20-7-3-4-8-21(20)26-15-17/h1-12,14H,13,15H2,(H,24,25). The van der Waals surface area contributed by atoms with Crippen LogP contribution in [0.1, 0.15) is 11.1 Å². The number of rotatable bonds is 4. The number of nitrogens with one attached hydrogen (secondary N) is 1. The van der Waals surface area contributed by atoms with Crippen LogP contribution in [0.2, 0.25) is 0 Å². The predicted molar refractivity (Wildman–Crippen MR) is 104 cm³/mol. The molecule has 128 valence electrons. The maximum absolute atomic E-state index is 12.1. The van der Waals surface area contributed by atoms with Crippen LogP contribution in [0.5, 0.6) is 5.75 Å². The average Bonchev–Trinajstić information content (AvgIpc) is 2.68. The predicted octanol–water partition coefficient (Wildman–Crippen LogP) is 3.96. The molecule has 3 aromatic rings. The number of carbonyl (C=O) groups is 1. The van der Waals surface area contributed by atoms with Crippen LogP contribution in [0.3, 0.4) is 0 Å². The molecule has 0 aromatic heterocycles. The second kappa shape index (κ2) is 7.23. The summed E-state index contributed by atoms with van der Waals surface area (Å²) in [6.07, 6.45) is 3.94. The molecule has 26 heavy (non-hydrogen) atoms. The number of carbonyl (C=O) groups excluding carboxylic acids is 1. The van der Waals surface area contributed by atoms with E-state index in [1.807, 2.05) is 66.7 Å². The zero-order valence-electron chi connectivity index (χ0n) is 14.2. The van der Waals surface area contributed by atoms with Gasteiger partial charge >= 0.3 is 0 Å². The van der Waals surface area contributed by atoms with Gasteiger partial charge in [-0.2, -0.15) is 5.10 Å². The van der Waals surface area contributed by atoms with Crippen molar-refractivity contribution in [2.24, 2.45) is 5.10 Å². The van der Waals surface area contributed by atoms with Crippen molar-refractivity contribution < 1.29 is 9.53 Å². The van der Waals surface area contributed by atoms with Gasteiger partial charge < -0.3 is 4.74 Å². The lowest BCUT2D eigenvalue weighted by molar-refractivity contribution is -0.120. The molecule has 4 rings (SSSR count). The van der Waals surface area contributed by atoms with Gasteiger partial charge in [-0.3, -0.25) is 4.79 Å². The Hall–Kier alpha value is -3.40. The molecule has 1 amide bonds. The van der Waals surface area contributed by atoms with Crippen molar-refractivity contribution >= 4 is 29.0 Å². The molecule has 0 fully saturated rings. The topological polar surface area (TPSA) is 50.7 Å². The summed E-state index contributed by atoms with van der Waals surface area (Å²) in [4.78, 5) is 12.1. The van der Waals surface area contributed by atoms with E-state index in [4.69, 9.17) is 4.74 Å². The van der Waals surface area contributed by atoms with Crippen LogP contribution < -0.4 is 10.2 Å². The monoisotopic (exact) mass is 342 g/mol. The highest BCUT2D eigenvalue weighted by Gasteiger charge is 2.09. The number of ether oxygens (including phenoxy) is 1. The third-order valence-corrected chi connectivity index (χ3v) is 4.25. The number of para-hydroxylation sites is 1. The maximum atomic E-state index is 12.1. The highest BCUT2D eigenvalue weighted by Crippen LogP contribution is 2.24. The quantitative estimate of drug-likeness (QED) is 0.576. The number of hydrogen-bond acceptors (Lipinski definition) is 3. The fraction of sp³-hybridized carbons (Fsp3) is 0.0909. The molecule has 4 nitrogen and oxygen atoms in total. The lowest BCUT2D eigenvalue weighted by atomic mass is 10.1. The molecular weight excluding hydrogens is 324 g/mol. The van der Waals surface area contributed by atoms with Gasteiger partial charge in [-0.25, -0.2) is 5.43 Å². The molecular formula is C22H18N2O2. The van der Waals surface area contributed by atoms with E-state index in [0.717, 1.165) is 27.8 Å². The summed E-state index contributed by atoms with van der Waals surface area (Å²) in [6.45, 7) is 0.445. The number of benzene rings is 3. The molecule has 4 heteroatoms. The summed E-state index contributed by atoms with van der Waals surface area (Å²) in [6, 6.07) is 22.0. The van der Waals surface area contributed by atoms with E-state index in [1.54, 1.807) is 6.21 Å². The van der Waals surface area contributed by atoms with Crippen LogP contribution in [0.25, 0.3) is 16.8 Å². The number of amides is 1. The van der Waals surface area contributed by atoms with Gasteiger partial charge in [-0.1, -0.05) is 60.7 Å². The summed E-state index contributed by atoms with van der Waals surface area (Å²) in [7, 11) is 0. The van der Waals surface area contributed by atoms with E-state index in [2.05, 4.69) is 16.6 Å². The molecule has 0 spiro atoms. The Morgan fingerprint density at radius 2 is 1.85 bits per heavy atom. The van der Waals surface area contributed by atoms with Crippen molar-refractivity contribution in [2.45, 2.75) is 6.42 Å². The molecule has 0 aliphatic carbocycles. The first-order chi connectivity index (χ1) is 12.8. The first kappa shape index (κ1) is 16.1. The van der Waals surface area contributed by atoms with E-state index in [1.165, 1.54) is 5.39 Å². The third kappa shape index (κ3) is 3.64. The van der Waals surface area contributed by atoms with Crippen molar-refractivity contribution in [3.8, 4) is 5.75 Å². The summed E-state index contributed by atoms with van der Waals surface area (Å²) < 4.78 is 5.66. The molecule has 0 radical (unpaired) electrons. The molecule has 0 bridgehead atoms. The van der Waals surface area contributed by atoms with Crippen molar-refractivity contribution in [2.75, 3.05) is 6.61 Å². The zero-order valence-corrected chi connectivity index (χ0v) is 14.2. The van der Waals surface area contributed by atoms with Crippen LogP contribution in [-0.2, 0) is 11.2 Å². The SMILES string of the molecule is O=C(Cc1ccc2ccccc2c1)NN=CC1=Cc2ccccc2OC1. The Morgan fingerprint density at radius 3 is 2.77 bits per heavy atom. The lowest BCUT2D eigenvalue weighted by Gasteiger charge is -2.15. The second-order valence-electron chi connectivity index (χ2n) is 6.20. The van der Waals surface area contributed by atoms with Crippen molar-refractivity contribution in [3.05, 3.63) is 83.4 Å². The highest BCUT2D eigenvalue weighted by atomic mass is 16.5. The summed E-state index contributed by atoms with van der Waals surface area (Å²) in [5.41, 5.74) is 5.48. The van der Waals surface area contributed by atoms with Gasteiger partial charge in [-0.05, 0) is 28.5 Å². The first-order valence-electron chi connectivity index (χ1n) is 8.50. The van der Waals surface area contributed by atoms with Gasteiger partial charge in [0.2, 0.25) is 5.91 Å². The summed E-state index contributed by atoms with van der Waals surface area (Å²) >= 11 is 0. The fourth-order valence-electron chi connectivity index (χ4n) is 2.97. The minimum Gasteiger partial charge on any atom is -0.488 e. The van der Waals surface area contributed by atoms with E-state index in [0.29, 0.717) is 13.0 Å². The Bertz CT molecular complexity index is 1020. The average molecular weight is 342 g/mol. The van der Waals surface area contributed by atoms with Crippen molar-refractivity contribution in [1.29, 1.82) is 0 Å². The van der Waals surface area contributed by atoms with Gasteiger partial charge in [0.1, 0.15) is 12.4 Å². The van der Waals surface area contributed by atoms with E-state index in [-0.39, 0.29) is 5.91 Å². The molecule has 1 heterocycles. The van der Waals surface area contributed by atoms with E-state index in [9.17, 15) is 4.79 Å². The minimum absolute atomic E-state index is 0.144. The normalized spacial score (nSPS) is 13.2. The molecule has 0 saturated heterocycles. The largest absolute Gasteiger partial charge is 0.488 e. The van der Waals surface area contributed by atoms with Crippen LogP contribution in [0.15, 0.2) is 77.4 Å². The molecule has 0 atom stereocenters. The smallest absolute Gasteiger partial charge is 0.244 e. The Balaban J connectivity index is 1.38. The van der Waals surface area contributed by atoms with Gasteiger partial charge in [0.25, 0.3) is 0 Å². The highest BCUT2D eigenvalue weighted by molar-refractivity contribution is 5.89. The third-order valence-electron chi connectivity index (χ3n) is 4.25. The van der Waals surface area contributed by atoms with Gasteiger partial charge in [0, 0.05) is 11.1 Å². The van der Waals surface area contributed by atoms with E-state index >= 15 is 0 Å². The second-order valence-corrected chi connectivity index (χ2v) is 6.20. The maximum Gasteiger partial charge on any atom is 0.244 e. The lowest BCUT2D eigenvalue weighted by Crippen LogP contribution is -2.20. The van der Waals surface area contributed by atoms with Gasteiger partial charge in [0.15, 0.2) is 0 Å². The van der Waals surface area contributed by atoms with Gasteiger partial charge in [-0.15, -0.1) is 0 Å². The summed E-state index contributed by atoms with van der Waals surface area (Å²) in [5, 5.41) is 6.35. The first-order valence-corrected chi connectivity index (χ1v) is 8.50. The van der Waals surface area contributed by atoms with Crippen LogP contribution in [-0.4, -0.2) is 18.7 Å². The number of hydrogen-bond donors (Lipinski definition) is 1. The molecule has 0 unspecified atom stereocenters. The van der Waals surface area contributed by atoms with Crippen LogP contribution in [0.4, 0.5) is 0 Å². The van der Waals surface area contributed by atoms with Crippen molar-refractivity contribution in [3.63, 3.8) is 0 Å². The number of hydrazone groups is 1. The Morgan fingerprint density at radius 1 is 1.04 bits per heavy atom. The molecule has 1 N–H and O–H groups in total. The zero-order chi connectivity index (χ0) is 17.8. The molecule has 1 aliphatic heterocycles. The van der Waals surface area contributed by atoms with Crippen molar-refractivity contribution in [1.82, 2.24) is 5.43 Å². The van der Waals surface area contributed by atoms with Gasteiger partial charge in [0.05, 0.1) is 12.6 Å². The summed E-state index contributed by atoms with van der Waals surface area (Å²) in [5.74, 6) is 0.722. The Labute approximate surface area is 151 Å². The minimum atomic E-state index is -0.144. The molecule has 1 aliphatic rings. The van der Waals surface area contributed by atoms with E-state index < -0.39 is 0 Å². The molecule has 0 saturated carbocycles. The molecule has 3 aromatic carbocycles. The number of nitrogens with zero attached hydrogens (tertiary/aromatic N) is 1. The van der Waals surface area contributed by atoms with Crippen LogP contribution >= 0.6 is 0 Å². The van der Waals surface area contributed by atoms with Crippen LogP contribution in [0, 0.1) is 0 Å². The Kier molecular flexibility index (Phi) is 4.48. The fourth-order valence-corrected chi connectivity index (χ4v) is 2.97.